The van der Waals surface area contributed by atoms with Crippen LogP contribution in [0.3, 0.4) is 0 Å². The van der Waals surface area contributed by atoms with Gasteiger partial charge in [0.1, 0.15) is 5.76 Å². The van der Waals surface area contributed by atoms with Gasteiger partial charge in [0.25, 0.3) is 0 Å². The number of nitrogens with zero attached hydrogens (tertiary/aromatic N) is 2. The third-order valence-electron chi connectivity index (χ3n) is 3.54. The Balaban J connectivity index is 1.75. The molecule has 0 fully saturated rings. The van der Waals surface area contributed by atoms with Crippen molar-refractivity contribution < 1.29 is 4.42 Å². The van der Waals surface area contributed by atoms with Crippen molar-refractivity contribution in [1.82, 2.24) is 14.9 Å². The third kappa shape index (κ3) is 3.16. The maximum atomic E-state index is 5.61. The van der Waals surface area contributed by atoms with Crippen molar-refractivity contribution in [1.29, 1.82) is 0 Å². The SMILES string of the molecule is CC(C)CNCc1occc1Cn1cnc2ccccc21. The second-order valence-corrected chi connectivity index (χ2v) is 5.75. The largest absolute Gasteiger partial charge is 0.468 e. The molecule has 0 spiro atoms. The molecule has 4 nitrogen and oxygen atoms in total. The van der Waals surface area contributed by atoms with E-state index in [9.17, 15) is 0 Å². The minimum Gasteiger partial charge on any atom is -0.468 e. The van der Waals surface area contributed by atoms with E-state index in [1.54, 1.807) is 6.26 Å². The highest BCUT2D eigenvalue weighted by atomic mass is 16.3. The minimum absolute atomic E-state index is 0.640. The Morgan fingerprint density at radius 1 is 1.24 bits per heavy atom. The Morgan fingerprint density at radius 2 is 2.10 bits per heavy atom. The highest BCUT2D eigenvalue weighted by molar-refractivity contribution is 5.75. The maximum Gasteiger partial charge on any atom is 0.122 e. The molecule has 0 saturated carbocycles. The number of imidazole rings is 1. The summed E-state index contributed by atoms with van der Waals surface area (Å²) in [5.74, 6) is 1.65. The lowest BCUT2D eigenvalue weighted by atomic mass is 10.2. The number of furan rings is 1. The van der Waals surface area contributed by atoms with Crippen LogP contribution in [0.2, 0.25) is 0 Å². The molecule has 0 unspecified atom stereocenters. The van der Waals surface area contributed by atoms with Gasteiger partial charge in [-0.05, 0) is 30.7 Å². The molecule has 0 bridgehead atoms. The fourth-order valence-corrected chi connectivity index (χ4v) is 2.46. The van der Waals surface area contributed by atoms with Gasteiger partial charge in [-0.1, -0.05) is 26.0 Å². The number of aromatic nitrogens is 2. The topological polar surface area (TPSA) is 43.0 Å². The lowest BCUT2D eigenvalue weighted by molar-refractivity contribution is 0.459. The summed E-state index contributed by atoms with van der Waals surface area (Å²) in [6.07, 6.45) is 3.66. The van der Waals surface area contributed by atoms with E-state index >= 15 is 0 Å². The van der Waals surface area contributed by atoms with E-state index in [1.807, 2.05) is 30.6 Å². The van der Waals surface area contributed by atoms with Gasteiger partial charge in [-0.2, -0.15) is 0 Å². The van der Waals surface area contributed by atoms with Crippen molar-refractivity contribution in [2.75, 3.05) is 6.54 Å². The van der Waals surface area contributed by atoms with E-state index in [1.165, 1.54) is 5.56 Å². The van der Waals surface area contributed by atoms with Crippen LogP contribution in [0.5, 0.6) is 0 Å². The Bertz CT molecular complexity index is 711. The molecular weight excluding hydrogens is 262 g/mol. The average Bonchev–Trinajstić information content (AvgIpc) is 3.07. The predicted molar refractivity (Wildman–Crippen MR) is 84.1 cm³/mol. The van der Waals surface area contributed by atoms with Crippen molar-refractivity contribution in [3.63, 3.8) is 0 Å². The van der Waals surface area contributed by atoms with Gasteiger partial charge < -0.3 is 14.3 Å². The van der Waals surface area contributed by atoms with Gasteiger partial charge in [0.15, 0.2) is 0 Å². The number of para-hydroxylation sites is 2. The van der Waals surface area contributed by atoms with E-state index in [0.29, 0.717) is 5.92 Å². The summed E-state index contributed by atoms with van der Waals surface area (Å²) in [7, 11) is 0. The summed E-state index contributed by atoms with van der Waals surface area (Å²) < 4.78 is 7.77. The highest BCUT2D eigenvalue weighted by Crippen LogP contribution is 2.17. The first-order valence-corrected chi connectivity index (χ1v) is 7.40. The summed E-state index contributed by atoms with van der Waals surface area (Å²) in [5, 5.41) is 3.43. The van der Waals surface area contributed by atoms with Crippen LogP contribution in [-0.4, -0.2) is 16.1 Å². The second kappa shape index (κ2) is 6.14. The Kier molecular flexibility index (Phi) is 4.06. The van der Waals surface area contributed by atoms with E-state index in [-0.39, 0.29) is 0 Å². The third-order valence-corrected chi connectivity index (χ3v) is 3.54. The molecule has 2 aromatic heterocycles. The second-order valence-electron chi connectivity index (χ2n) is 5.75. The average molecular weight is 283 g/mol. The van der Waals surface area contributed by atoms with Crippen molar-refractivity contribution in [2.45, 2.75) is 26.9 Å². The molecule has 2 heterocycles. The molecule has 0 radical (unpaired) electrons. The van der Waals surface area contributed by atoms with Gasteiger partial charge in [0.2, 0.25) is 0 Å². The van der Waals surface area contributed by atoms with Gasteiger partial charge in [-0.25, -0.2) is 4.98 Å². The molecule has 0 aliphatic carbocycles. The Labute approximate surface area is 124 Å². The monoisotopic (exact) mass is 283 g/mol. The van der Waals surface area contributed by atoms with E-state index in [0.717, 1.165) is 36.4 Å². The summed E-state index contributed by atoms with van der Waals surface area (Å²) in [6, 6.07) is 10.2. The summed E-state index contributed by atoms with van der Waals surface area (Å²) in [5.41, 5.74) is 3.38. The fourth-order valence-electron chi connectivity index (χ4n) is 2.46. The van der Waals surface area contributed by atoms with Crippen molar-refractivity contribution in [2.24, 2.45) is 5.92 Å². The molecule has 4 heteroatoms. The first-order valence-electron chi connectivity index (χ1n) is 7.40. The van der Waals surface area contributed by atoms with E-state index in [2.05, 4.69) is 34.8 Å². The first kappa shape index (κ1) is 13.9. The van der Waals surface area contributed by atoms with Crippen molar-refractivity contribution in [3.05, 3.63) is 54.2 Å². The van der Waals surface area contributed by atoms with Crippen LogP contribution >= 0.6 is 0 Å². The van der Waals surface area contributed by atoms with E-state index < -0.39 is 0 Å². The molecule has 0 aliphatic heterocycles. The minimum atomic E-state index is 0.640. The summed E-state index contributed by atoms with van der Waals surface area (Å²) in [6.45, 7) is 6.96. The quantitative estimate of drug-likeness (QED) is 0.753. The number of fused-ring (bicyclic) bond motifs is 1. The normalized spacial score (nSPS) is 11.6. The molecule has 0 amide bonds. The Morgan fingerprint density at radius 3 is 2.95 bits per heavy atom. The predicted octanol–water partition coefficient (Wildman–Crippen LogP) is 3.42. The smallest absolute Gasteiger partial charge is 0.122 e. The zero-order valence-corrected chi connectivity index (χ0v) is 12.5. The van der Waals surface area contributed by atoms with Crippen LogP contribution < -0.4 is 5.32 Å². The molecule has 1 aromatic carbocycles. The van der Waals surface area contributed by atoms with Crippen LogP contribution in [0.1, 0.15) is 25.2 Å². The molecular formula is C17H21N3O. The molecule has 3 aromatic rings. The molecule has 21 heavy (non-hydrogen) atoms. The summed E-state index contributed by atoms with van der Waals surface area (Å²) in [4.78, 5) is 4.43. The number of hydrogen-bond donors (Lipinski definition) is 1. The number of benzene rings is 1. The van der Waals surface area contributed by atoms with E-state index in [4.69, 9.17) is 4.42 Å². The molecule has 110 valence electrons. The van der Waals surface area contributed by atoms with Gasteiger partial charge in [-0.15, -0.1) is 0 Å². The van der Waals surface area contributed by atoms with Gasteiger partial charge in [0, 0.05) is 5.56 Å². The number of rotatable bonds is 6. The zero-order valence-electron chi connectivity index (χ0n) is 12.5. The Hall–Kier alpha value is -2.07. The van der Waals surface area contributed by atoms with Crippen molar-refractivity contribution >= 4 is 11.0 Å². The van der Waals surface area contributed by atoms with Gasteiger partial charge in [-0.3, -0.25) is 0 Å². The number of hydrogen-bond acceptors (Lipinski definition) is 3. The molecule has 3 rings (SSSR count). The van der Waals surface area contributed by atoms with Gasteiger partial charge >= 0.3 is 0 Å². The standard InChI is InChI=1S/C17H21N3O/c1-13(2)9-18-10-17-14(7-8-21-17)11-20-12-19-15-5-3-4-6-16(15)20/h3-8,12-13,18H,9-11H2,1-2H3. The lowest BCUT2D eigenvalue weighted by Crippen LogP contribution is -2.19. The van der Waals surface area contributed by atoms with Gasteiger partial charge in [0.05, 0.1) is 36.7 Å². The van der Waals surface area contributed by atoms with Crippen molar-refractivity contribution in [3.8, 4) is 0 Å². The van der Waals surface area contributed by atoms with Crippen LogP contribution in [0.25, 0.3) is 11.0 Å². The van der Waals surface area contributed by atoms with Crippen LogP contribution in [0.4, 0.5) is 0 Å². The number of nitrogens with one attached hydrogen (secondary N) is 1. The van der Waals surface area contributed by atoms with Crippen LogP contribution in [0, 0.1) is 5.92 Å². The zero-order chi connectivity index (χ0) is 14.7. The lowest BCUT2D eigenvalue weighted by Gasteiger charge is -2.08. The molecule has 0 atom stereocenters. The van der Waals surface area contributed by atoms with Crippen LogP contribution in [0.15, 0.2) is 47.3 Å². The molecule has 0 saturated heterocycles. The molecule has 0 aliphatic rings. The highest BCUT2D eigenvalue weighted by Gasteiger charge is 2.09. The summed E-state index contributed by atoms with van der Waals surface area (Å²) >= 11 is 0. The molecule has 1 N–H and O–H groups in total. The fraction of sp³-hybridized carbons (Fsp3) is 0.353. The maximum absolute atomic E-state index is 5.61. The van der Waals surface area contributed by atoms with Crippen LogP contribution in [-0.2, 0) is 13.1 Å². The first-order chi connectivity index (χ1) is 10.2.